The third kappa shape index (κ3) is 6.05. The Morgan fingerprint density at radius 3 is 2.69 bits per heavy atom. The molecule has 0 radical (unpaired) electrons. The molecule has 3 heterocycles. The number of hydrogen-bond donors (Lipinski definition) is 5. The minimum absolute atomic E-state index is 0.0972. The summed E-state index contributed by atoms with van der Waals surface area (Å²) < 4.78 is 15.0. The number of aliphatic hydroxyl groups is 2. The molecule has 0 unspecified atom stereocenters. The summed E-state index contributed by atoms with van der Waals surface area (Å²) in [5.41, 5.74) is 0.0000491. The van der Waals surface area contributed by atoms with Gasteiger partial charge in [0.1, 0.15) is 11.2 Å². The minimum Gasteiger partial charge on any atom is -0.392 e. The Balaban J connectivity index is 1.49. The van der Waals surface area contributed by atoms with Crippen molar-refractivity contribution in [2.24, 2.45) is 5.41 Å². The maximum absolute atomic E-state index is 15.0. The van der Waals surface area contributed by atoms with Crippen LogP contribution in [0.4, 0.5) is 10.1 Å². The van der Waals surface area contributed by atoms with Crippen LogP contribution in [0.1, 0.15) is 57.1 Å². The Bertz CT molecular complexity index is 1350. The number of likely N-dealkylation sites (tertiary alicyclic amines) is 1. The zero-order valence-electron chi connectivity index (χ0n) is 24.1. The van der Waals surface area contributed by atoms with Crippen molar-refractivity contribution in [3.8, 4) is 0 Å². The smallest absolute Gasteiger partial charge is 0.237 e. The molecular weight excluding hydrogens is 582 g/mol. The summed E-state index contributed by atoms with van der Waals surface area (Å²) in [6.07, 6.45) is 0.494. The van der Waals surface area contributed by atoms with Crippen LogP contribution >= 0.6 is 23.2 Å². The van der Waals surface area contributed by atoms with Crippen molar-refractivity contribution in [3.05, 3.63) is 63.4 Å². The van der Waals surface area contributed by atoms with Crippen molar-refractivity contribution in [3.63, 3.8) is 0 Å². The Morgan fingerprint density at radius 1 is 1.26 bits per heavy atom. The predicted molar refractivity (Wildman–Crippen MR) is 161 cm³/mol. The zero-order chi connectivity index (χ0) is 30.4. The van der Waals surface area contributed by atoms with E-state index in [4.69, 9.17) is 23.2 Å². The summed E-state index contributed by atoms with van der Waals surface area (Å²) in [4.78, 5) is 30.1. The highest BCUT2D eigenvalue weighted by Crippen LogP contribution is 2.57. The first-order chi connectivity index (χ1) is 19.8. The van der Waals surface area contributed by atoms with Gasteiger partial charge in [0.05, 0.1) is 23.3 Å². The summed E-state index contributed by atoms with van der Waals surface area (Å²) in [5.74, 6) is -2.01. The fourth-order valence-electron chi connectivity index (χ4n) is 6.97. The van der Waals surface area contributed by atoms with Crippen molar-refractivity contribution in [1.82, 2.24) is 15.5 Å². The van der Waals surface area contributed by atoms with Crippen LogP contribution in [0.15, 0.2) is 36.4 Å². The minimum atomic E-state index is -1.32. The molecule has 42 heavy (non-hydrogen) atoms. The SMILES string of the molecule is CC(C)(C)C[C@H]1N[C@@H](C(=O)NCC[C@H](O)CN2CC[C@@H](O)C2)[C@H](c2cccc(Cl)c2)[C@@]12C(=O)Nc1cc(Cl)c(F)cc12. The van der Waals surface area contributed by atoms with E-state index in [0.717, 1.165) is 6.54 Å². The number of anilines is 1. The molecule has 5 rings (SSSR count). The molecule has 0 aliphatic carbocycles. The van der Waals surface area contributed by atoms with Gasteiger partial charge in [-0.05, 0) is 60.1 Å². The van der Waals surface area contributed by atoms with Crippen LogP contribution in [0.5, 0.6) is 0 Å². The molecular formula is C31H39Cl2FN4O4. The molecule has 2 aromatic carbocycles. The second-order valence-electron chi connectivity index (χ2n) is 13.1. The molecule has 228 valence electrons. The average Bonchev–Trinajstić information content (AvgIpc) is 3.53. The summed E-state index contributed by atoms with van der Waals surface area (Å²) in [6.45, 7) is 8.07. The number of carbonyl (C=O) groups is 2. The first kappa shape index (κ1) is 31.2. The number of carbonyl (C=O) groups excluding carboxylic acids is 2. The highest BCUT2D eigenvalue weighted by molar-refractivity contribution is 6.31. The van der Waals surface area contributed by atoms with Crippen molar-refractivity contribution in [1.29, 1.82) is 0 Å². The number of nitrogens with one attached hydrogen (secondary N) is 3. The molecule has 0 aromatic heterocycles. The summed E-state index contributed by atoms with van der Waals surface area (Å²) in [6, 6.07) is 8.46. The zero-order valence-corrected chi connectivity index (χ0v) is 25.6. The molecule has 8 nitrogen and oxygen atoms in total. The second kappa shape index (κ2) is 12.0. The van der Waals surface area contributed by atoms with Gasteiger partial charge in [0.2, 0.25) is 11.8 Å². The molecule has 6 atom stereocenters. The van der Waals surface area contributed by atoms with Crippen LogP contribution in [0.2, 0.25) is 10.0 Å². The number of β-amino-alcohol motifs (C(OH)–C–C–N with tert-alkyl or cyclic N) is 2. The van der Waals surface area contributed by atoms with Crippen molar-refractivity contribution in [2.75, 3.05) is 31.5 Å². The van der Waals surface area contributed by atoms with Crippen LogP contribution in [0.3, 0.4) is 0 Å². The molecule has 3 aliphatic rings. The predicted octanol–water partition coefficient (Wildman–Crippen LogP) is 3.82. The average molecular weight is 622 g/mol. The molecule has 11 heteroatoms. The van der Waals surface area contributed by atoms with Crippen molar-refractivity contribution < 1.29 is 24.2 Å². The Kier molecular flexibility index (Phi) is 8.92. The van der Waals surface area contributed by atoms with E-state index in [1.54, 1.807) is 18.2 Å². The summed E-state index contributed by atoms with van der Waals surface area (Å²) in [5, 5.41) is 30.1. The Labute approximate surface area is 255 Å². The molecule has 1 spiro atoms. The number of amides is 2. The lowest BCUT2D eigenvalue weighted by molar-refractivity contribution is -0.123. The highest BCUT2D eigenvalue weighted by Gasteiger charge is 2.65. The highest BCUT2D eigenvalue weighted by atomic mass is 35.5. The third-order valence-electron chi connectivity index (χ3n) is 8.68. The molecule has 2 saturated heterocycles. The summed E-state index contributed by atoms with van der Waals surface area (Å²) >= 11 is 12.5. The number of benzene rings is 2. The fraction of sp³-hybridized carbons (Fsp3) is 0.548. The van der Waals surface area contributed by atoms with Gasteiger partial charge in [0, 0.05) is 48.8 Å². The number of halogens is 3. The molecule has 5 N–H and O–H groups in total. The van der Waals surface area contributed by atoms with Gasteiger partial charge >= 0.3 is 0 Å². The van der Waals surface area contributed by atoms with Gasteiger partial charge in [-0.25, -0.2) is 4.39 Å². The molecule has 0 saturated carbocycles. The fourth-order valence-corrected chi connectivity index (χ4v) is 7.34. The molecule has 3 aliphatic heterocycles. The van der Waals surface area contributed by atoms with Crippen molar-refractivity contribution >= 4 is 40.7 Å². The van der Waals surface area contributed by atoms with Gasteiger partial charge in [0.15, 0.2) is 0 Å². The van der Waals surface area contributed by atoms with E-state index in [9.17, 15) is 19.8 Å². The molecule has 0 bridgehead atoms. The van der Waals surface area contributed by atoms with Gasteiger partial charge in [0.25, 0.3) is 0 Å². The largest absolute Gasteiger partial charge is 0.392 e. The van der Waals surface area contributed by atoms with E-state index in [1.807, 2.05) is 11.0 Å². The lowest BCUT2D eigenvalue weighted by Crippen LogP contribution is -2.49. The number of fused-ring (bicyclic) bond motifs is 2. The quantitative estimate of drug-likeness (QED) is 0.307. The maximum atomic E-state index is 15.0. The number of rotatable bonds is 8. The van der Waals surface area contributed by atoms with Crippen LogP contribution in [-0.4, -0.2) is 77.4 Å². The standard InChI is InChI=1S/C31H39Cl2FN4O4/c1-30(2,3)14-25-31(21-12-23(34)22(33)13-24(21)36-29(31)42)26(17-5-4-6-18(32)11-17)27(37-25)28(41)35-9-7-19(39)15-38-10-8-20(40)16-38/h4-6,11-13,19-20,25-27,37,39-40H,7-10,14-16H2,1-3H3,(H,35,41)(H,36,42)/t19-,20+,25+,26-,27+,31-/m0/s1. The van der Waals surface area contributed by atoms with Gasteiger partial charge in [-0.1, -0.05) is 56.1 Å². The molecule has 2 aromatic rings. The van der Waals surface area contributed by atoms with Crippen LogP contribution in [0, 0.1) is 11.2 Å². The van der Waals surface area contributed by atoms with E-state index in [0.29, 0.717) is 54.2 Å². The number of nitrogens with zero attached hydrogens (tertiary/aromatic N) is 1. The first-order valence-corrected chi connectivity index (χ1v) is 15.2. The van der Waals surface area contributed by atoms with Crippen molar-refractivity contribution in [2.45, 2.75) is 75.7 Å². The number of aliphatic hydroxyl groups excluding tert-OH is 2. The third-order valence-corrected chi connectivity index (χ3v) is 9.21. The lowest BCUT2D eigenvalue weighted by Gasteiger charge is -2.37. The van der Waals surface area contributed by atoms with E-state index >= 15 is 4.39 Å². The Hall–Kier alpha value is -2.27. The van der Waals surface area contributed by atoms with Gasteiger partial charge in [-0.15, -0.1) is 0 Å². The van der Waals surface area contributed by atoms with Gasteiger partial charge in [-0.3, -0.25) is 14.5 Å². The Morgan fingerprint density at radius 2 is 2.02 bits per heavy atom. The molecule has 2 fully saturated rings. The molecule has 2 amide bonds. The maximum Gasteiger partial charge on any atom is 0.237 e. The second-order valence-corrected chi connectivity index (χ2v) is 13.9. The monoisotopic (exact) mass is 620 g/mol. The van der Waals surface area contributed by atoms with E-state index in [1.165, 1.54) is 12.1 Å². The van der Waals surface area contributed by atoms with Crippen LogP contribution < -0.4 is 16.0 Å². The van der Waals surface area contributed by atoms with E-state index in [-0.39, 0.29) is 34.9 Å². The van der Waals surface area contributed by atoms with E-state index < -0.39 is 35.3 Å². The normalized spacial score (nSPS) is 28.2. The first-order valence-electron chi connectivity index (χ1n) is 14.5. The topological polar surface area (TPSA) is 114 Å². The lowest BCUT2D eigenvalue weighted by atomic mass is 9.62. The van der Waals surface area contributed by atoms with Crippen LogP contribution in [0.25, 0.3) is 0 Å². The van der Waals surface area contributed by atoms with E-state index in [2.05, 4.69) is 36.7 Å². The number of hydrogen-bond acceptors (Lipinski definition) is 6. The van der Waals surface area contributed by atoms with Gasteiger partial charge in [-0.2, -0.15) is 0 Å². The van der Waals surface area contributed by atoms with Gasteiger partial charge < -0.3 is 26.2 Å². The summed E-state index contributed by atoms with van der Waals surface area (Å²) in [7, 11) is 0. The van der Waals surface area contributed by atoms with Crippen LogP contribution in [-0.2, 0) is 15.0 Å².